The van der Waals surface area contributed by atoms with E-state index in [-0.39, 0.29) is 22.2 Å². The van der Waals surface area contributed by atoms with Gasteiger partial charge in [0.2, 0.25) is 0 Å². The summed E-state index contributed by atoms with van der Waals surface area (Å²) >= 11 is 6.21. The zero-order valence-electron chi connectivity index (χ0n) is 18.0. The standard InChI is InChI=1S/C24H20ClN5O3/c1-15-5-8-22(16(2)11-15)29-23(27-9-3-4-10-27)19-13-28(14-21(19)26-29)24(31)18-12-17(30(32)33)6-7-20(18)25/h3-12H,13-14H2,1-2H3. The summed E-state index contributed by atoms with van der Waals surface area (Å²) in [5.74, 6) is 0.501. The van der Waals surface area contributed by atoms with Crippen molar-refractivity contribution in [3.8, 4) is 11.5 Å². The molecule has 0 saturated carbocycles. The van der Waals surface area contributed by atoms with Gasteiger partial charge in [-0.2, -0.15) is 5.10 Å². The normalized spacial score (nSPS) is 12.8. The quantitative estimate of drug-likeness (QED) is 0.316. The number of benzene rings is 2. The molecule has 0 unspecified atom stereocenters. The number of non-ortho nitro benzene ring substituents is 1. The maximum atomic E-state index is 13.2. The summed E-state index contributed by atoms with van der Waals surface area (Å²) in [5, 5.41) is 16.2. The summed E-state index contributed by atoms with van der Waals surface area (Å²) in [5.41, 5.74) is 4.89. The Morgan fingerprint density at radius 1 is 1.09 bits per heavy atom. The molecule has 0 saturated heterocycles. The van der Waals surface area contributed by atoms with Crippen molar-refractivity contribution in [1.29, 1.82) is 0 Å². The number of fused-ring (bicyclic) bond motifs is 1. The zero-order valence-corrected chi connectivity index (χ0v) is 18.8. The van der Waals surface area contributed by atoms with Gasteiger partial charge in [0.15, 0.2) is 0 Å². The molecule has 166 valence electrons. The van der Waals surface area contributed by atoms with Crippen LogP contribution in [0.4, 0.5) is 5.69 Å². The van der Waals surface area contributed by atoms with Gasteiger partial charge >= 0.3 is 0 Å². The van der Waals surface area contributed by atoms with Crippen LogP contribution in [0.25, 0.3) is 11.5 Å². The lowest BCUT2D eigenvalue weighted by molar-refractivity contribution is -0.384. The number of nitro groups is 1. The van der Waals surface area contributed by atoms with Crippen LogP contribution in [0.3, 0.4) is 0 Å². The Morgan fingerprint density at radius 2 is 1.85 bits per heavy atom. The number of nitro benzene ring substituents is 1. The van der Waals surface area contributed by atoms with Crippen molar-refractivity contribution in [3.63, 3.8) is 0 Å². The molecule has 1 amide bonds. The van der Waals surface area contributed by atoms with Crippen molar-refractivity contribution in [2.24, 2.45) is 0 Å². The van der Waals surface area contributed by atoms with Crippen molar-refractivity contribution in [1.82, 2.24) is 19.2 Å². The molecule has 2 aromatic carbocycles. The molecule has 9 heteroatoms. The third-order valence-corrected chi connectivity index (χ3v) is 6.17. The average Bonchev–Trinajstić information content (AvgIpc) is 3.49. The van der Waals surface area contributed by atoms with E-state index in [9.17, 15) is 14.9 Å². The summed E-state index contributed by atoms with van der Waals surface area (Å²) < 4.78 is 3.90. The number of amides is 1. The van der Waals surface area contributed by atoms with Crippen LogP contribution in [0.5, 0.6) is 0 Å². The number of carbonyl (C=O) groups excluding carboxylic acids is 1. The zero-order chi connectivity index (χ0) is 23.3. The van der Waals surface area contributed by atoms with Crippen molar-refractivity contribution in [2.45, 2.75) is 26.9 Å². The Bertz CT molecular complexity index is 1410. The molecule has 0 atom stereocenters. The largest absolute Gasteiger partial charge is 0.328 e. The highest BCUT2D eigenvalue weighted by Gasteiger charge is 2.33. The van der Waals surface area contributed by atoms with E-state index in [1.165, 1.54) is 23.8 Å². The molecule has 8 nitrogen and oxygen atoms in total. The first-order valence-electron chi connectivity index (χ1n) is 10.4. The number of hydrogen-bond donors (Lipinski definition) is 0. The molecule has 33 heavy (non-hydrogen) atoms. The van der Waals surface area contributed by atoms with Crippen LogP contribution in [-0.4, -0.2) is 30.1 Å². The Labute approximate surface area is 194 Å². The fourth-order valence-electron chi connectivity index (χ4n) is 4.26. The summed E-state index contributed by atoms with van der Waals surface area (Å²) in [7, 11) is 0. The van der Waals surface area contributed by atoms with Crippen molar-refractivity contribution in [3.05, 3.63) is 104 Å². The Hall–Kier alpha value is -3.91. The molecule has 0 radical (unpaired) electrons. The molecule has 4 aromatic rings. The molecule has 0 aliphatic carbocycles. The summed E-state index contributed by atoms with van der Waals surface area (Å²) in [6, 6.07) is 14.0. The molecule has 0 fully saturated rings. The molecule has 1 aliphatic heterocycles. The summed E-state index contributed by atoms with van der Waals surface area (Å²) in [4.78, 5) is 25.5. The predicted molar refractivity (Wildman–Crippen MR) is 124 cm³/mol. The van der Waals surface area contributed by atoms with Gasteiger partial charge in [0.25, 0.3) is 11.6 Å². The van der Waals surface area contributed by atoms with Crippen LogP contribution in [0.15, 0.2) is 60.9 Å². The highest BCUT2D eigenvalue weighted by molar-refractivity contribution is 6.33. The average molecular weight is 462 g/mol. The molecule has 2 aromatic heterocycles. The van der Waals surface area contributed by atoms with E-state index >= 15 is 0 Å². The maximum Gasteiger partial charge on any atom is 0.270 e. The van der Waals surface area contributed by atoms with Gasteiger partial charge in [-0.3, -0.25) is 14.9 Å². The van der Waals surface area contributed by atoms with Gasteiger partial charge in [-0.1, -0.05) is 29.3 Å². The number of hydrogen-bond acceptors (Lipinski definition) is 4. The first-order chi connectivity index (χ1) is 15.8. The topological polar surface area (TPSA) is 86.2 Å². The smallest absolute Gasteiger partial charge is 0.270 e. The highest BCUT2D eigenvalue weighted by Crippen LogP contribution is 2.33. The second kappa shape index (κ2) is 7.90. The second-order valence-electron chi connectivity index (χ2n) is 8.12. The second-order valence-corrected chi connectivity index (χ2v) is 8.53. The fourth-order valence-corrected chi connectivity index (χ4v) is 4.46. The van der Waals surface area contributed by atoms with E-state index < -0.39 is 4.92 Å². The third kappa shape index (κ3) is 3.58. The Morgan fingerprint density at radius 3 is 2.55 bits per heavy atom. The van der Waals surface area contributed by atoms with Gasteiger partial charge in [-0.25, -0.2) is 4.68 Å². The lowest BCUT2D eigenvalue weighted by Crippen LogP contribution is -2.26. The molecule has 5 rings (SSSR count). The van der Waals surface area contributed by atoms with Gasteiger partial charge < -0.3 is 9.47 Å². The monoisotopic (exact) mass is 461 g/mol. The minimum atomic E-state index is -0.537. The summed E-state index contributed by atoms with van der Waals surface area (Å²) in [6.07, 6.45) is 3.89. The van der Waals surface area contributed by atoms with E-state index in [1.54, 1.807) is 4.90 Å². The van der Waals surface area contributed by atoms with Crippen LogP contribution >= 0.6 is 11.6 Å². The van der Waals surface area contributed by atoms with Gasteiger partial charge in [-0.15, -0.1) is 0 Å². The SMILES string of the molecule is Cc1ccc(-n2nc3c(c2-n2cccc2)CN(C(=O)c2cc([N+](=O)[O-])ccc2Cl)C3)c(C)c1. The van der Waals surface area contributed by atoms with Gasteiger partial charge in [-0.05, 0) is 43.7 Å². The third-order valence-electron chi connectivity index (χ3n) is 5.84. The van der Waals surface area contributed by atoms with Gasteiger partial charge in [0, 0.05) is 30.1 Å². The first kappa shape index (κ1) is 21.0. The number of aryl methyl sites for hydroxylation is 2. The van der Waals surface area contributed by atoms with E-state index in [0.717, 1.165) is 28.3 Å². The summed E-state index contributed by atoms with van der Waals surface area (Å²) in [6.45, 7) is 4.72. The molecule has 0 spiro atoms. The lowest BCUT2D eigenvalue weighted by Gasteiger charge is -2.18. The van der Waals surface area contributed by atoms with Crippen LogP contribution in [0.2, 0.25) is 5.02 Å². The van der Waals surface area contributed by atoms with E-state index in [2.05, 4.69) is 26.0 Å². The molecule has 0 N–H and O–H groups in total. The lowest BCUT2D eigenvalue weighted by atomic mass is 10.1. The number of carbonyl (C=O) groups is 1. The Balaban J connectivity index is 1.55. The van der Waals surface area contributed by atoms with E-state index in [4.69, 9.17) is 16.7 Å². The molecular weight excluding hydrogens is 442 g/mol. The van der Waals surface area contributed by atoms with E-state index in [1.807, 2.05) is 39.8 Å². The number of aromatic nitrogens is 3. The van der Waals surface area contributed by atoms with Crippen LogP contribution in [-0.2, 0) is 13.1 Å². The minimum Gasteiger partial charge on any atom is -0.328 e. The molecule has 1 aliphatic rings. The number of nitrogens with zero attached hydrogens (tertiary/aromatic N) is 5. The number of halogens is 1. The van der Waals surface area contributed by atoms with Crippen molar-refractivity contribution >= 4 is 23.2 Å². The van der Waals surface area contributed by atoms with Gasteiger partial charge in [0.05, 0.1) is 40.0 Å². The van der Waals surface area contributed by atoms with Crippen LogP contribution < -0.4 is 0 Å². The number of rotatable bonds is 4. The maximum absolute atomic E-state index is 13.2. The van der Waals surface area contributed by atoms with E-state index in [0.29, 0.717) is 13.1 Å². The highest BCUT2D eigenvalue weighted by atomic mass is 35.5. The predicted octanol–water partition coefficient (Wildman–Crippen LogP) is 5.00. The van der Waals surface area contributed by atoms with Crippen LogP contribution in [0, 0.1) is 24.0 Å². The van der Waals surface area contributed by atoms with Crippen molar-refractivity contribution in [2.75, 3.05) is 0 Å². The van der Waals surface area contributed by atoms with Gasteiger partial charge in [0.1, 0.15) is 5.82 Å². The minimum absolute atomic E-state index is 0.112. The Kier molecular flexibility index (Phi) is 5.02. The van der Waals surface area contributed by atoms with Crippen LogP contribution in [0.1, 0.15) is 32.7 Å². The fraction of sp³-hybridized carbons (Fsp3) is 0.167. The first-order valence-corrected chi connectivity index (χ1v) is 10.8. The van der Waals surface area contributed by atoms with Crippen molar-refractivity contribution < 1.29 is 9.72 Å². The molecule has 0 bridgehead atoms. The molecule has 3 heterocycles. The molecular formula is C24H20ClN5O3.